The van der Waals surface area contributed by atoms with Crippen molar-refractivity contribution in [2.24, 2.45) is 27.8 Å². The number of aliphatic imine (C=N–C) groups is 1. The van der Waals surface area contributed by atoms with Gasteiger partial charge in [0.25, 0.3) is 0 Å². The molecular formula is C49H59ClN6O5. The monoisotopic (exact) mass is 846 g/mol. The molecule has 2 unspecified atom stereocenters. The Morgan fingerprint density at radius 3 is 2.66 bits per heavy atom. The smallest absolute Gasteiger partial charge is 0.329 e. The van der Waals surface area contributed by atoms with Crippen LogP contribution in [-0.4, -0.2) is 59.7 Å². The fourth-order valence-corrected chi connectivity index (χ4v) is 10.2. The number of nitrogens with two attached hydrogens (primary N) is 1. The molecular weight excluding hydrogens is 788 g/mol. The predicted molar refractivity (Wildman–Crippen MR) is 242 cm³/mol. The van der Waals surface area contributed by atoms with Crippen molar-refractivity contribution in [3.63, 3.8) is 0 Å². The summed E-state index contributed by atoms with van der Waals surface area (Å²) in [4.78, 5) is 34.6. The van der Waals surface area contributed by atoms with E-state index in [1.54, 1.807) is 25.4 Å². The van der Waals surface area contributed by atoms with Crippen molar-refractivity contribution < 1.29 is 24.2 Å². The topological polar surface area (TPSA) is 161 Å². The summed E-state index contributed by atoms with van der Waals surface area (Å²) >= 11 is 6.31. The summed E-state index contributed by atoms with van der Waals surface area (Å²) in [6.07, 6.45) is 11.9. The van der Waals surface area contributed by atoms with Crippen LogP contribution < -0.4 is 25.9 Å². The number of anilines is 1. The second-order valence-corrected chi connectivity index (χ2v) is 17.8. The maximum Gasteiger partial charge on any atom is 0.329 e. The molecule has 61 heavy (non-hydrogen) atoms. The zero-order chi connectivity index (χ0) is 43.0. The molecule has 322 valence electrons. The number of halogens is 1. The van der Waals surface area contributed by atoms with Crippen LogP contribution in [0, 0.1) is 11.8 Å². The lowest BCUT2D eigenvalue weighted by Crippen LogP contribution is -2.53. The molecule has 3 aliphatic carbocycles. The van der Waals surface area contributed by atoms with Crippen molar-refractivity contribution in [2.45, 2.75) is 108 Å². The quantitative estimate of drug-likeness (QED) is 0.0355. The number of aromatic nitrogens is 1. The number of ether oxygens (including phenoxy) is 2. The Kier molecular flexibility index (Phi) is 14.0. The maximum atomic E-state index is 13.1. The molecule has 7 rings (SSSR count). The van der Waals surface area contributed by atoms with E-state index in [1.165, 1.54) is 22.4 Å². The van der Waals surface area contributed by atoms with Crippen LogP contribution >= 0.6 is 11.6 Å². The van der Waals surface area contributed by atoms with Gasteiger partial charge in [-0.1, -0.05) is 55.8 Å². The predicted octanol–water partition coefficient (Wildman–Crippen LogP) is 9.04. The highest BCUT2D eigenvalue weighted by Crippen LogP contribution is 2.57. The lowest BCUT2D eigenvalue weighted by atomic mass is 9.59. The number of hydrogen-bond donors (Lipinski definition) is 4. The van der Waals surface area contributed by atoms with Crippen molar-refractivity contribution in [1.82, 2.24) is 10.3 Å². The molecule has 11 nitrogen and oxygen atoms in total. The van der Waals surface area contributed by atoms with Crippen LogP contribution in [0.2, 0.25) is 5.02 Å². The first-order valence-electron chi connectivity index (χ1n) is 21.7. The number of carboxylic acid groups (broad SMARTS) is 1. The first-order chi connectivity index (χ1) is 29.5. The van der Waals surface area contributed by atoms with E-state index >= 15 is 0 Å². The molecule has 1 amide bonds. The number of pyridine rings is 1. The van der Waals surface area contributed by atoms with E-state index in [4.69, 9.17) is 26.9 Å². The summed E-state index contributed by atoms with van der Waals surface area (Å²) in [5, 5.41) is 21.5. The van der Waals surface area contributed by atoms with E-state index in [0.29, 0.717) is 86.5 Å². The molecule has 5 N–H and O–H groups in total. The number of benzene rings is 3. The van der Waals surface area contributed by atoms with Gasteiger partial charge in [0.05, 0.1) is 13.2 Å². The van der Waals surface area contributed by atoms with Crippen molar-refractivity contribution >= 4 is 41.1 Å². The van der Waals surface area contributed by atoms with Crippen LogP contribution in [0.3, 0.4) is 0 Å². The summed E-state index contributed by atoms with van der Waals surface area (Å²) in [6, 6.07) is 23.4. The van der Waals surface area contributed by atoms with Crippen LogP contribution in [0.25, 0.3) is 0 Å². The van der Waals surface area contributed by atoms with Gasteiger partial charge >= 0.3 is 5.97 Å². The number of fused-ring (bicyclic) bond motifs is 3. The van der Waals surface area contributed by atoms with E-state index < -0.39 is 11.5 Å². The summed E-state index contributed by atoms with van der Waals surface area (Å²) in [6.45, 7) is 5.93. The number of hydrogen-bond acceptors (Lipinski definition) is 9. The zero-order valence-corrected chi connectivity index (χ0v) is 36.3. The largest absolute Gasteiger partial charge is 0.494 e. The summed E-state index contributed by atoms with van der Waals surface area (Å²) in [7, 11) is 1.66. The highest BCUT2D eigenvalue weighted by Gasteiger charge is 2.54. The lowest BCUT2D eigenvalue weighted by Gasteiger charge is -2.47. The van der Waals surface area contributed by atoms with E-state index in [2.05, 4.69) is 51.7 Å². The third-order valence-corrected chi connectivity index (χ3v) is 13.4. The van der Waals surface area contributed by atoms with Gasteiger partial charge in [0.15, 0.2) is 0 Å². The first-order valence-corrected chi connectivity index (χ1v) is 22.1. The molecule has 1 spiro atoms. The second kappa shape index (κ2) is 19.5. The minimum absolute atomic E-state index is 0.0560. The molecule has 12 heteroatoms. The molecule has 3 aromatic carbocycles. The number of hydrazone groups is 1. The third kappa shape index (κ3) is 10.0. The Morgan fingerprint density at radius 1 is 1.07 bits per heavy atom. The average molecular weight is 848 g/mol. The van der Waals surface area contributed by atoms with Crippen LogP contribution in [0.15, 0.2) is 89.1 Å². The Balaban J connectivity index is 1.02. The Hall–Kier alpha value is -5.42. The van der Waals surface area contributed by atoms with Gasteiger partial charge in [-0.25, -0.2) is 4.79 Å². The number of nitrogens with one attached hydrogen (secondary N) is 2. The van der Waals surface area contributed by atoms with Gasteiger partial charge in [0.2, 0.25) is 5.91 Å². The number of nitrogens with zero attached hydrogens (tertiary/aromatic N) is 3. The highest BCUT2D eigenvalue weighted by molar-refractivity contribution is 6.38. The van der Waals surface area contributed by atoms with Crippen LogP contribution in [0.1, 0.15) is 111 Å². The zero-order valence-electron chi connectivity index (χ0n) is 35.6. The molecule has 0 radical (unpaired) electrons. The summed E-state index contributed by atoms with van der Waals surface area (Å²) < 4.78 is 12.9. The molecule has 3 atom stereocenters. The van der Waals surface area contributed by atoms with Gasteiger partial charge in [-0.2, -0.15) is 5.10 Å². The van der Waals surface area contributed by atoms with Crippen LogP contribution in [0.5, 0.6) is 11.5 Å². The number of aliphatic carboxylic acids is 1. The van der Waals surface area contributed by atoms with Crippen molar-refractivity contribution in [3.05, 3.63) is 118 Å². The third-order valence-electron chi connectivity index (χ3n) is 13.2. The molecule has 0 aliphatic heterocycles. The maximum absolute atomic E-state index is 13.1. The van der Waals surface area contributed by atoms with Crippen molar-refractivity contribution in [3.8, 4) is 11.5 Å². The van der Waals surface area contributed by atoms with Gasteiger partial charge < -0.3 is 31.1 Å². The first kappa shape index (κ1) is 43.7. The molecule has 1 heterocycles. The minimum atomic E-state index is -1.11. The average Bonchev–Trinajstić information content (AvgIpc) is 3.54. The van der Waals surface area contributed by atoms with Crippen molar-refractivity contribution in [2.75, 3.05) is 25.6 Å². The van der Waals surface area contributed by atoms with Gasteiger partial charge in [0.1, 0.15) is 22.7 Å². The molecule has 3 aliphatic rings. The normalized spacial score (nSPS) is 22.7. The highest BCUT2D eigenvalue weighted by atomic mass is 35.5. The second-order valence-electron chi connectivity index (χ2n) is 17.3. The molecule has 1 saturated carbocycles. The SMILES string of the molecule is CN=C/C(=N\N)c1cccc(CNC(=O)CCCOc2ccc3c(c2)C2(CCC(Nc4cccc(Cl)c4)(C(=O)O)CC2)C(CC(C)COc2ccnc4c2[C@H](C)CCC4)C3)c1. The number of carbonyl (C=O) groups is 2. The number of amides is 1. The van der Waals surface area contributed by atoms with Crippen LogP contribution in [-0.2, 0) is 34.4 Å². The van der Waals surface area contributed by atoms with Gasteiger partial charge in [0, 0.05) is 60.0 Å². The van der Waals surface area contributed by atoms with Gasteiger partial charge in [-0.15, -0.1) is 0 Å². The Labute approximate surface area is 364 Å². The number of carbonyl (C=O) groups excluding carboxylic acids is 1. The van der Waals surface area contributed by atoms with Gasteiger partial charge in [-0.3, -0.25) is 14.8 Å². The van der Waals surface area contributed by atoms with E-state index in [-0.39, 0.29) is 17.2 Å². The Morgan fingerprint density at radius 2 is 1.89 bits per heavy atom. The molecule has 1 fully saturated rings. The number of rotatable bonds is 17. The lowest BCUT2D eigenvalue weighted by molar-refractivity contribution is -0.144. The summed E-state index contributed by atoms with van der Waals surface area (Å²) in [5.41, 5.74) is 6.69. The fourth-order valence-electron chi connectivity index (χ4n) is 10.0. The number of carboxylic acids is 1. The minimum Gasteiger partial charge on any atom is -0.494 e. The molecule has 0 bridgehead atoms. The number of aryl methyl sites for hydroxylation is 1. The van der Waals surface area contributed by atoms with Crippen molar-refractivity contribution in [1.29, 1.82) is 0 Å². The molecule has 1 aromatic heterocycles. The Bertz CT molecular complexity index is 2250. The molecule has 4 aromatic rings. The van der Waals surface area contributed by atoms with E-state index in [1.807, 2.05) is 54.7 Å². The van der Waals surface area contributed by atoms with E-state index in [9.17, 15) is 14.7 Å². The molecule has 0 saturated heterocycles. The fraction of sp³-hybridized carbons (Fsp3) is 0.449. The summed E-state index contributed by atoms with van der Waals surface area (Å²) in [5.74, 6) is 7.37. The standard InChI is InChI=1S/C49H59ClN6O5/c1-32(31-61-44-17-22-53-42-13-4-8-33(2)46(42)44)24-37-26-35-15-16-40(60-23-7-14-45(57)54-29-34-9-5-10-36(25-34)43(56-51)30-52-3)28-41(35)48(37)18-20-49(21-19-48,47(58)59)55-39-12-6-11-38(50)27-39/h5-6,9-12,15-17,22,25,27-28,30,32-33,37,55H,4,7-8,13-14,18-21,23-24,26,29,31,51H2,1-3H3,(H,54,57)(H,58,59)/b52-30?,56-43+/t32?,33-,37?,48?,49?/m1/s1. The van der Waals surface area contributed by atoms with E-state index in [0.717, 1.165) is 54.7 Å². The van der Waals surface area contributed by atoms with Gasteiger partial charge in [-0.05, 0) is 147 Å². The van der Waals surface area contributed by atoms with Crippen LogP contribution in [0.4, 0.5) is 5.69 Å².